The van der Waals surface area contributed by atoms with Crippen molar-refractivity contribution in [2.45, 2.75) is 115 Å². The molecule has 0 fully saturated rings. The molecule has 0 heterocycles. The van der Waals surface area contributed by atoms with Gasteiger partial charge in [0.15, 0.2) is 0 Å². The number of rotatable bonds is 23. The van der Waals surface area contributed by atoms with E-state index in [9.17, 15) is 33.3 Å². The van der Waals surface area contributed by atoms with Crippen LogP contribution in [0.1, 0.15) is 123 Å². The van der Waals surface area contributed by atoms with E-state index in [1.165, 1.54) is 43.9 Å². The molecule has 1 amide bonds. The maximum Gasteiger partial charge on any atom is 0.337 e. The number of carboxylic acids is 1. The first-order valence-electron chi connectivity index (χ1n) is 15.9. The number of hydrogen-bond acceptors (Lipinski definition) is 7. The molecule has 10 nitrogen and oxygen atoms in total. The van der Waals surface area contributed by atoms with Gasteiger partial charge in [-0.15, -0.1) is 0 Å². The van der Waals surface area contributed by atoms with Gasteiger partial charge in [0.1, 0.15) is 0 Å². The number of aliphatic hydroxyl groups is 2. The van der Waals surface area contributed by atoms with Crippen molar-refractivity contribution in [3.63, 3.8) is 0 Å². The summed E-state index contributed by atoms with van der Waals surface area (Å²) in [7, 11) is -4.01. The molecule has 0 radical (unpaired) electrons. The number of aromatic carboxylic acids is 1. The minimum Gasteiger partial charge on any atom is -0.478 e. The molecule has 2 atom stereocenters. The SMILES string of the molecule is CCCCCCCCC(O)C(O)CCCCCCCCNC(=O)c1ccc(C(=O)O)c(NS(=O)(=O)Cc2ccccc2N)c1. The van der Waals surface area contributed by atoms with E-state index in [1.54, 1.807) is 24.3 Å². The molecule has 2 aromatic rings. The van der Waals surface area contributed by atoms with Crippen LogP contribution in [-0.4, -0.2) is 54.4 Å². The molecular formula is C33H51N3O7S. The zero-order valence-electron chi connectivity index (χ0n) is 26.0. The number of para-hydroxylation sites is 1. The van der Waals surface area contributed by atoms with E-state index < -0.39 is 39.9 Å². The molecule has 7 N–H and O–H groups in total. The summed E-state index contributed by atoms with van der Waals surface area (Å²) in [6.07, 6.45) is 12.4. The standard InChI is InChI=1S/C33H51N3O7S/c1-2-3-4-5-8-11-18-30(37)31(38)19-12-9-6-7-10-15-22-35-32(39)25-20-21-27(33(40)41)29(23-25)36-44(42,43)24-26-16-13-14-17-28(26)34/h13-14,16-17,20-21,23,30-31,36-38H,2-12,15,18-19,22,24,34H2,1H3,(H,35,39)(H,40,41). The number of amides is 1. The lowest BCUT2D eigenvalue weighted by atomic mass is 9.99. The number of nitrogens with one attached hydrogen (secondary N) is 2. The Hall–Kier alpha value is -3.15. The average molecular weight is 634 g/mol. The fraction of sp³-hybridized carbons (Fsp3) is 0.576. The van der Waals surface area contributed by atoms with Crippen LogP contribution in [0.2, 0.25) is 0 Å². The van der Waals surface area contributed by atoms with Crippen molar-refractivity contribution in [3.8, 4) is 0 Å². The summed E-state index contributed by atoms with van der Waals surface area (Å²) in [5.41, 5.74) is 6.21. The third kappa shape index (κ3) is 14.1. The van der Waals surface area contributed by atoms with Crippen molar-refractivity contribution in [3.05, 3.63) is 59.2 Å². The van der Waals surface area contributed by atoms with Crippen LogP contribution in [0.15, 0.2) is 42.5 Å². The van der Waals surface area contributed by atoms with Gasteiger partial charge in [0, 0.05) is 17.8 Å². The predicted octanol–water partition coefficient (Wildman–Crippen LogP) is 5.84. The van der Waals surface area contributed by atoms with Gasteiger partial charge < -0.3 is 26.4 Å². The largest absolute Gasteiger partial charge is 0.478 e. The average Bonchev–Trinajstić information content (AvgIpc) is 2.98. The maximum absolute atomic E-state index is 12.8. The Labute approximate surface area is 262 Å². The minimum atomic E-state index is -4.01. The third-order valence-electron chi connectivity index (χ3n) is 7.69. The second-order valence-corrected chi connectivity index (χ2v) is 13.2. The number of unbranched alkanes of at least 4 members (excludes halogenated alkanes) is 10. The molecule has 0 bridgehead atoms. The molecule has 2 unspecified atom stereocenters. The summed E-state index contributed by atoms with van der Waals surface area (Å²) >= 11 is 0. The number of sulfonamides is 1. The highest BCUT2D eigenvalue weighted by Gasteiger charge is 2.20. The second-order valence-electron chi connectivity index (χ2n) is 11.5. The van der Waals surface area contributed by atoms with Gasteiger partial charge in [-0.2, -0.15) is 0 Å². The molecular weight excluding hydrogens is 582 g/mol. The number of hydrogen-bond donors (Lipinski definition) is 6. The van der Waals surface area contributed by atoms with E-state index in [0.29, 0.717) is 30.6 Å². The highest BCUT2D eigenvalue weighted by atomic mass is 32.2. The van der Waals surface area contributed by atoms with E-state index in [4.69, 9.17) is 5.73 Å². The summed E-state index contributed by atoms with van der Waals surface area (Å²) in [6.45, 7) is 2.62. The smallest absolute Gasteiger partial charge is 0.337 e. The van der Waals surface area contributed by atoms with Crippen LogP contribution in [0, 0.1) is 0 Å². The molecule has 0 spiro atoms. The zero-order chi connectivity index (χ0) is 32.4. The van der Waals surface area contributed by atoms with Crippen molar-refractivity contribution in [2.75, 3.05) is 17.0 Å². The Morgan fingerprint density at radius 3 is 1.98 bits per heavy atom. The number of nitrogen functional groups attached to an aromatic ring is 1. The third-order valence-corrected chi connectivity index (χ3v) is 8.91. The molecule has 0 aromatic heterocycles. The van der Waals surface area contributed by atoms with Gasteiger partial charge in [0.25, 0.3) is 5.91 Å². The van der Waals surface area contributed by atoms with Crippen LogP contribution >= 0.6 is 0 Å². The number of benzene rings is 2. The van der Waals surface area contributed by atoms with E-state index in [0.717, 1.165) is 51.4 Å². The maximum atomic E-state index is 12.8. The van der Waals surface area contributed by atoms with E-state index >= 15 is 0 Å². The number of anilines is 2. The highest BCUT2D eigenvalue weighted by molar-refractivity contribution is 7.91. The quantitative estimate of drug-likeness (QED) is 0.0652. The Kier molecular flexibility index (Phi) is 16.8. The number of carbonyl (C=O) groups is 2. The lowest BCUT2D eigenvalue weighted by Gasteiger charge is -2.17. The van der Waals surface area contributed by atoms with Crippen molar-refractivity contribution in [1.29, 1.82) is 0 Å². The first-order valence-corrected chi connectivity index (χ1v) is 17.5. The topological polar surface area (TPSA) is 179 Å². The Morgan fingerprint density at radius 1 is 0.818 bits per heavy atom. The molecule has 2 aromatic carbocycles. The first kappa shape index (κ1) is 37.0. The first-order chi connectivity index (χ1) is 21.0. The van der Waals surface area contributed by atoms with E-state index in [-0.39, 0.29) is 16.8 Å². The summed E-state index contributed by atoms with van der Waals surface area (Å²) in [6, 6.07) is 10.3. The van der Waals surface area contributed by atoms with Crippen molar-refractivity contribution in [1.82, 2.24) is 5.32 Å². The summed E-state index contributed by atoms with van der Waals surface area (Å²) < 4.78 is 27.8. The van der Waals surface area contributed by atoms with Gasteiger partial charge in [0.05, 0.1) is 29.2 Å². The predicted molar refractivity (Wildman–Crippen MR) is 175 cm³/mol. The van der Waals surface area contributed by atoms with Crippen LogP contribution in [0.4, 0.5) is 11.4 Å². The number of nitrogens with two attached hydrogens (primary N) is 1. The van der Waals surface area contributed by atoms with Gasteiger partial charge in [0.2, 0.25) is 10.0 Å². The lowest BCUT2D eigenvalue weighted by molar-refractivity contribution is 0.00712. The van der Waals surface area contributed by atoms with E-state index in [1.807, 2.05) is 0 Å². The highest BCUT2D eigenvalue weighted by Crippen LogP contribution is 2.22. The van der Waals surface area contributed by atoms with Crippen LogP contribution in [-0.2, 0) is 15.8 Å². The Balaban J connectivity index is 1.69. The second kappa shape index (κ2) is 20.0. The molecule has 44 heavy (non-hydrogen) atoms. The Bertz CT molecular complexity index is 1270. The van der Waals surface area contributed by atoms with Crippen LogP contribution < -0.4 is 15.8 Å². The molecule has 0 saturated carbocycles. The molecule has 11 heteroatoms. The molecule has 0 saturated heterocycles. The van der Waals surface area contributed by atoms with Crippen molar-refractivity contribution < 1.29 is 33.3 Å². The molecule has 246 valence electrons. The van der Waals surface area contributed by atoms with Gasteiger partial charge in [-0.25, -0.2) is 13.2 Å². The van der Waals surface area contributed by atoms with Gasteiger partial charge >= 0.3 is 5.97 Å². The zero-order valence-corrected chi connectivity index (χ0v) is 26.8. The molecule has 0 aliphatic rings. The fourth-order valence-corrected chi connectivity index (χ4v) is 6.29. The number of carbonyl (C=O) groups excluding carboxylic acids is 1. The lowest BCUT2D eigenvalue weighted by Crippen LogP contribution is -2.25. The summed E-state index contributed by atoms with van der Waals surface area (Å²) in [4.78, 5) is 24.4. The fourth-order valence-electron chi connectivity index (χ4n) is 5.04. The van der Waals surface area contributed by atoms with Crippen molar-refractivity contribution >= 4 is 33.3 Å². The number of aliphatic hydroxyl groups excluding tert-OH is 2. The minimum absolute atomic E-state index is 0.143. The molecule has 2 rings (SSSR count). The normalized spacial score (nSPS) is 12.9. The van der Waals surface area contributed by atoms with Gasteiger partial charge in [-0.05, 0) is 49.1 Å². The van der Waals surface area contributed by atoms with Gasteiger partial charge in [-0.3, -0.25) is 9.52 Å². The monoisotopic (exact) mass is 633 g/mol. The molecule has 0 aliphatic carbocycles. The van der Waals surface area contributed by atoms with E-state index in [2.05, 4.69) is 17.0 Å². The summed E-state index contributed by atoms with van der Waals surface area (Å²) in [5.74, 6) is -2.20. The molecule has 0 aliphatic heterocycles. The van der Waals surface area contributed by atoms with Crippen LogP contribution in [0.25, 0.3) is 0 Å². The van der Waals surface area contributed by atoms with Crippen LogP contribution in [0.3, 0.4) is 0 Å². The van der Waals surface area contributed by atoms with Crippen molar-refractivity contribution in [2.24, 2.45) is 0 Å². The number of carboxylic acid groups (broad SMARTS) is 1. The summed E-state index contributed by atoms with van der Waals surface area (Å²) in [5, 5.41) is 32.7. The van der Waals surface area contributed by atoms with Crippen LogP contribution in [0.5, 0.6) is 0 Å². The Morgan fingerprint density at radius 2 is 1.39 bits per heavy atom. The van der Waals surface area contributed by atoms with Gasteiger partial charge in [-0.1, -0.05) is 95.8 Å².